The van der Waals surface area contributed by atoms with Gasteiger partial charge in [-0.05, 0) is 144 Å². The second-order valence-corrected chi connectivity index (χ2v) is 31.7. The molecule has 2 saturated heterocycles. The SMILES string of the molecule is CC1(C)OB(c2ccc(C3(c4ccc(B5OC(C)(C)C(C)(C)O5)cc4)CCCCC3)cc2)OC1(C)C.Clc1nc(-c2ccccc2)cc(-c2ccccc2)n1.c1ccc(-c2cc(-c3ccccc3)nc(-c3ccc(C4(c5ccc(-c6nc(-c7ccccc7)cc(-c7ccccc7)n6)cc5)CCCCC4)cc3)n2)cc1. The van der Waals surface area contributed by atoms with Crippen molar-refractivity contribution >= 4 is 36.8 Å². The van der Waals surface area contributed by atoms with Crippen molar-refractivity contribution in [3.8, 4) is 90.3 Å². The lowest BCUT2D eigenvalue weighted by atomic mass is 9.64. The van der Waals surface area contributed by atoms with Gasteiger partial charge in [-0.25, -0.2) is 29.9 Å². The fourth-order valence-electron chi connectivity index (χ4n) is 15.7. The van der Waals surface area contributed by atoms with Gasteiger partial charge in [0.2, 0.25) is 5.28 Å². The molecule has 10 aromatic carbocycles. The standard InChI is InChI=1S/C50H40N4.C30H42B2O4.C16H11ClN2/c1-6-16-36(17-7-1)44-34-45(37-18-8-2-9-19-37)52-48(51-44)40-24-28-42(29-25-40)50(32-14-5-15-33-50)43-30-26-41(27-31-43)49-53-46(38-20-10-3-11-21-38)35-47(54-49)39-22-12-4-13-23-39;1-26(2)27(3,4)34-31(33-26)24-16-12-22(13-17-24)30(20-10-9-11-21-30)23-14-18-25(19-15-23)32-35-28(5,6)29(7,8)36-32;17-16-18-14(12-7-3-1-4-8-12)11-15(19-16)13-9-5-2-6-10-13/h1-4,6-13,16-31,34-35H,5,14-15,32-33H2;12-19H,9-11,20-21H2,1-8H3;1-11H. The van der Waals surface area contributed by atoms with Gasteiger partial charge in [0.1, 0.15) is 0 Å². The molecule has 4 fully saturated rings. The summed E-state index contributed by atoms with van der Waals surface area (Å²) in [6.07, 6.45) is 12.0. The summed E-state index contributed by atoms with van der Waals surface area (Å²) < 4.78 is 25.2. The third-order valence-corrected chi connectivity index (χ3v) is 23.5. The Bertz CT molecular complexity index is 4750. The number of hydrogen-bond donors (Lipinski definition) is 0. The Balaban J connectivity index is 0.000000147. The van der Waals surface area contributed by atoms with Crippen molar-refractivity contribution in [3.63, 3.8) is 0 Å². The van der Waals surface area contributed by atoms with E-state index in [0.29, 0.717) is 0 Å². The fraction of sp³-hybridized carbons (Fsp3) is 0.250. The minimum atomic E-state index is -0.333. The average Bonchev–Trinajstić information content (AvgIpc) is 1.67. The predicted molar refractivity (Wildman–Crippen MR) is 447 cm³/mol. The van der Waals surface area contributed by atoms with Crippen LogP contribution in [0.1, 0.15) is 142 Å². The molecule has 0 radical (unpaired) electrons. The maximum absolute atomic E-state index is 6.29. The van der Waals surface area contributed by atoms with E-state index in [1.165, 1.54) is 73.6 Å². The van der Waals surface area contributed by atoms with Crippen molar-refractivity contribution < 1.29 is 18.6 Å². The van der Waals surface area contributed by atoms with Crippen molar-refractivity contribution in [3.05, 3.63) is 325 Å². The third kappa shape index (κ3) is 16.1. The summed E-state index contributed by atoms with van der Waals surface area (Å²) in [5, 5.41) is 0.264. The number of halogens is 1. The van der Waals surface area contributed by atoms with Gasteiger partial charge in [0.15, 0.2) is 11.6 Å². The minimum absolute atomic E-state index is 0.0289. The Labute approximate surface area is 649 Å². The normalized spacial score (nSPS) is 17.1. The van der Waals surface area contributed by atoms with Crippen LogP contribution in [0.25, 0.3) is 90.3 Å². The van der Waals surface area contributed by atoms with Crippen molar-refractivity contribution in [1.29, 1.82) is 0 Å². The van der Waals surface area contributed by atoms with E-state index in [-0.39, 0.29) is 52.8 Å². The summed E-state index contributed by atoms with van der Waals surface area (Å²) in [7, 11) is -0.656. The molecule has 17 rings (SSSR count). The molecule has 0 unspecified atom stereocenters. The lowest BCUT2D eigenvalue weighted by molar-refractivity contribution is 0.00578. The van der Waals surface area contributed by atoms with Crippen LogP contribution in [0.4, 0.5) is 0 Å². The van der Waals surface area contributed by atoms with Gasteiger partial charge in [0, 0.05) is 55.3 Å². The molecule has 0 spiro atoms. The first-order valence-corrected chi connectivity index (χ1v) is 39.0. The van der Waals surface area contributed by atoms with Crippen molar-refractivity contribution in [2.45, 2.75) is 153 Å². The Kier molecular flexibility index (Phi) is 21.6. The Morgan fingerprint density at radius 3 is 0.688 bits per heavy atom. The molecule has 544 valence electrons. The van der Waals surface area contributed by atoms with Crippen LogP contribution in [-0.4, -0.2) is 66.5 Å². The van der Waals surface area contributed by atoms with Crippen molar-refractivity contribution in [2.24, 2.45) is 0 Å². The number of nitrogens with zero attached hydrogens (tertiary/aromatic N) is 6. The highest BCUT2D eigenvalue weighted by Crippen LogP contribution is 2.48. The van der Waals surface area contributed by atoms with Crippen molar-refractivity contribution in [1.82, 2.24) is 29.9 Å². The van der Waals surface area contributed by atoms with Gasteiger partial charge in [0.25, 0.3) is 0 Å². The highest BCUT2D eigenvalue weighted by molar-refractivity contribution is 6.62. The van der Waals surface area contributed by atoms with Gasteiger partial charge < -0.3 is 18.6 Å². The maximum Gasteiger partial charge on any atom is 0.494 e. The van der Waals surface area contributed by atoms with Gasteiger partial charge in [-0.1, -0.05) is 318 Å². The van der Waals surface area contributed by atoms with Gasteiger partial charge in [-0.3, -0.25) is 0 Å². The zero-order chi connectivity index (χ0) is 75.2. The quantitative estimate of drug-likeness (QED) is 0.0770. The highest BCUT2D eigenvalue weighted by Gasteiger charge is 2.53. The summed E-state index contributed by atoms with van der Waals surface area (Å²) in [6.45, 7) is 16.8. The van der Waals surface area contributed by atoms with Crippen LogP contribution < -0.4 is 10.9 Å². The van der Waals surface area contributed by atoms with E-state index in [9.17, 15) is 0 Å². The number of aromatic nitrogens is 6. The van der Waals surface area contributed by atoms with Gasteiger partial charge in [-0.15, -0.1) is 0 Å². The summed E-state index contributed by atoms with van der Waals surface area (Å²) >= 11 is 6.03. The summed E-state index contributed by atoms with van der Waals surface area (Å²) in [5.74, 6) is 1.47. The second kappa shape index (κ2) is 31.7. The van der Waals surface area contributed by atoms with E-state index < -0.39 is 0 Å². The molecule has 0 amide bonds. The molecule has 0 atom stereocenters. The molecule has 0 N–H and O–H groups in total. The van der Waals surface area contributed by atoms with Crippen LogP contribution in [0.2, 0.25) is 5.28 Å². The first-order valence-electron chi connectivity index (χ1n) is 38.6. The van der Waals surface area contributed by atoms with Gasteiger partial charge in [0.05, 0.1) is 56.6 Å². The molecular formula is C96H93B2ClN6O4. The van der Waals surface area contributed by atoms with E-state index in [2.05, 4.69) is 272 Å². The maximum atomic E-state index is 6.29. The molecule has 109 heavy (non-hydrogen) atoms. The molecule has 10 nitrogen and oxygen atoms in total. The molecule has 13 heteroatoms. The number of benzene rings is 10. The van der Waals surface area contributed by atoms with E-state index >= 15 is 0 Å². The second-order valence-electron chi connectivity index (χ2n) is 31.4. The van der Waals surface area contributed by atoms with Crippen LogP contribution in [0, 0.1) is 0 Å². The number of rotatable bonds is 14. The lowest BCUT2D eigenvalue weighted by Gasteiger charge is -2.39. The lowest BCUT2D eigenvalue weighted by Crippen LogP contribution is -2.41. The first kappa shape index (κ1) is 74.2. The van der Waals surface area contributed by atoms with Crippen LogP contribution >= 0.6 is 11.6 Å². The zero-order valence-corrected chi connectivity index (χ0v) is 64.5. The van der Waals surface area contributed by atoms with Crippen LogP contribution in [0.3, 0.4) is 0 Å². The molecular weight excluding hydrogens is 1360 g/mol. The van der Waals surface area contributed by atoms with Gasteiger partial charge >= 0.3 is 14.2 Å². The van der Waals surface area contributed by atoms with Crippen molar-refractivity contribution in [2.75, 3.05) is 0 Å². The summed E-state index contributed by atoms with van der Waals surface area (Å²) in [4.78, 5) is 28.9. The fourth-order valence-corrected chi connectivity index (χ4v) is 15.8. The largest absolute Gasteiger partial charge is 0.494 e. The van der Waals surface area contributed by atoms with Crippen LogP contribution in [0.5, 0.6) is 0 Å². The molecule has 0 bridgehead atoms. The smallest absolute Gasteiger partial charge is 0.399 e. The first-order chi connectivity index (χ1) is 52.8. The summed E-state index contributed by atoms with van der Waals surface area (Å²) in [5.41, 5.74) is 20.0. The average molecular weight is 1450 g/mol. The Hall–Kier alpha value is -10.3. The van der Waals surface area contributed by atoms with E-state index in [4.69, 9.17) is 50.2 Å². The monoisotopic (exact) mass is 1450 g/mol. The summed E-state index contributed by atoms with van der Waals surface area (Å²) in [6, 6.07) is 104. The third-order valence-electron chi connectivity index (χ3n) is 23.4. The number of hydrogen-bond acceptors (Lipinski definition) is 10. The van der Waals surface area contributed by atoms with Crippen LogP contribution in [-0.2, 0) is 29.4 Å². The zero-order valence-electron chi connectivity index (χ0n) is 63.7. The Morgan fingerprint density at radius 1 is 0.248 bits per heavy atom. The van der Waals surface area contributed by atoms with E-state index in [1.54, 1.807) is 0 Å². The molecule has 2 aliphatic heterocycles. The van der Waals surface area contributed by atoms with E-state index in [1.807, 2.05) is 91.0 Å². The molecule has 3 aromatic heterocycles. The molecule has 2 saturated carbocycles. The molecule has 13 aromatic rings. The Morgan fingerprint density at radius 2 is 0.459 bits per heavy atom. The topological polar surface area (TPSA) is 114 Å². The molecule has 5 heterocycles. The molecule has 2 aliphatic carbocycles. The highest BCUT2D eigenvalue weighted by atomic mass is 35.5. The van der Waals surface area contributed by atoms with E-state index in [0.717, 1.165) is 114 Å². The van der Waals surface area contributed by atoms with Gasteiger partial charge in [-0.2, -0.15) is 0 Å². The molecule has 4 aliphatic rings. The predicted octanol–water partition coefficient (Wildman–Crippen LogP) is 22.5. The minimum Gasteiger partial charge on any atom is -0.399 e. The van der Waals surface area contributed by atoms with Crippen LogP contribution in [0.15, 0.2) is 297 Å².